The topological polar surface area (TPSA) is 72.3 Å². The van der Waals surface area contributed by atoms with E-state index in [1.807, 2.05) is 71.6 Å². The molecule has 138 valence electrons. The van der Waals surface area contributed by atoms with E-state index in [2.05, 4.69) is 11.1 Å². The normalized spacial score (nSPS) is 10.7. The molecule has 0 spiro atoms. The van der Waals surface area contributed by atoms with Crippen LogP contribution in [0.1, 0.15) is 21.6 Å². The molecule has 7 heteroatoms. The van der Waals surface area contributed by atoms with Gasteiger partial charge < -0.3 is 9.14 Å². The third-order valence-corrected chi connectivity index (χ3v) is 5.02. The molecule has 0 N–H and O–H groups in total. The van der Waals surface area contributed by atoms with Crippen molar-refractivity contribution in [1.29, 1.82) is 5.26 Å². The summed E-state index contributed by atoms with van der Waals surface area (Å²) in [5.74, 6) is -0.490. The maximum atomic E-state index is 12.8. The summed E-state index contributed by atoms with van der Waals surface area (Å²) in [7, 11) is 0. The number of hydrogen-bond acceptors (Lipinski definition) is 5. The molecule has 0 radical (unpaired) electrons. The number of thioether (sulfide) groups is 1. The summed E-state index contributed by atoms with van der Waals surface area (Å²) in [6.45, 7) is 0.0119. The van der Waals surface area contributed by atoms with Gasteiger partial charge in [-0.1, -0.05) is 36.0 Å². The largest absolute Gasteiger partial charge is 0.456 e. The lowest BCUT2D eigenvalue weighted by atomic mass is 10.2. The van der Waals surface area contributed by atoms with E-state index in [0.717, 1.165) is 11.2 Å². The van der Waals surface area contributed by atoms with E-state index in [4.69, 9.17) is 4.74 Å². The Morgan fingerprint density at radius 2 is 2.00 bits per heavy atom. The number of carbonyl (C=O) groups is 1. The Morgan fingerprint density at radius 3 is 2.75 bits per heavy atom. The first-order valence-corrected chi connectivity index (χ1v) is 9.78. The summed E-state index contributed by atoms with van der Waals surface area (Å²) in [4.78, 5) is 17.1. The molecule has 0 fully saturated rings. The number of nitriles is 1. The quantitative estimate of drug-likeness (QED) is 0.381. The number of para-hydroxylation sites is 1. The number of aromatic nitrogens is 3. The van der Waals surface area contributed by atoms with Crippen LogP contribution in [-0.2, 0) is 11.3 Å². The van der Waals surface area contributed by atoms with Gasteiger partial charge in [0.1, 0.15) is 12.7 Å². The van der Waals surface area contributed by atoms with E-state index >= 15 is 0 Å². The second-order valence-corrected chi connectivity index (χ2v) is 6.78. The Labute approximate surface area is 166 Å². The second kappa shape index (κ2) is 7.62. The second-order valence-electron chi connectivity index (χ2n) is 6.01. The van der Waals surface area contributed by atoms with E-state index < -0.39 is 5.97 Å². The van der Waals surface area contributed by atoms with Crippen molar-refractivity contribution in [3.8, 4) is 11.8 Å². The predicted molar refractivity (Wildman–Crippen MR) is 107 cm³/mol. The number of hydrogen-bond donors (Lipinski definition) is 0. The number of nitrogens with zero attached hydrogens (tertiary/aromatic N) is 4. The molecular weight excluding hydrogens is 372 g/mol. The van der Waals surface area contributed by atoms with E-state index in [1.165, 1.54) is 18.0 Å². The van der Waals surface area contributed by atoms with Gasteiger partial charge in [-0.25, -0.2) is 9.78 Å². The molecule has 0 aliphatic carbocycles. The van der Waals surface area contributed by atoms with Crippen LogP contribution in [0.2, 0.25) is 0 Å². The zero-order valence-corrected chi connectivity index (χ0v) is 15.9. The third kappa shape index (κ3) is 3.15. The van der Waals surface area contributed by atoms with Gasteiger partial charge in [-0.3, -0.25) is 4.57 Å². The molecule has 3 heterocycles. The SMILES string of the molecule is CSc1ncc(C(=O)OCc2cn3ccccc3c2C#N)n1-c1ccccc1. The van der Waals surface area contributed by atoms with E-state index in [1.54, 1.807) is 4.57 Å². The van der Waals surface area contributed by atoms with Crippen LogP contribution in [-0.4, -0.2) is 26.2 Å². The van der Waals surface area contributed by atoms with Crippen molar-refractivity contribution in [3.05, 3.63) is 83.9 Å². The number of pyridine rings is 1. The minimum atomic E-state index is -0.490. The smallest absolute Gasteiger partial charge is 0.357 e. The summed E-state index contributed by atoms with van der Waals surface area (Å²) >= 11 is 1.45. The number of imidazole rings is 1. The molecule has 3 aromatic heterocycles. The van der Waals surface area contributed by atoms with Crippen molar-refractivity contribution >= 4 is 23.2 Å². The Hall–Kier alpha value is -3.50. The average Bonchev–Trinajstić information content (AvgIpc) is 3.33. The number of fused-ring (bicyclic) bond motifs is 1. The molecule has 4 rings (SSSR count). The summed E-state index contributed by atoms with van der Waals surface area (Å²) in [6, 6.07) is 17.4. The number of carbonyl (C=O) groups excluding carboxylic acids is 1. The van der Waals surface area contributed by atoms with Crippen molar-refractivity contribution in [2.75, 3.05) is 6.26 Å². The molecule has 4 aromatic rings. The molecule has 0 saturated heterocycles. The van der Waals surface area contributed by atoms with Crippen LogP contribution in [0.15, 0.2) is 72.3 Å². The predicted octanol–water partition coefficient (Wildman–Crippen LogP) is 4.08. The first kappa shape index (κ1) is 17.9. The maximum Gasteiger partial charge on any atom is 0.357 e. The number of benzene rings is 1. The Morgan fingerprint density at radius 1 is 1.21 bits per heavy atom. The van der Waals surface area contributed by atoms with Gasteiger partial charge in [0.05, 0.1) is 17.3 Å². The highest BCUT2D eigenvalue weighted by Gasteiger charge is 2.20. The maximum absolute atomic E-state index is 12.8. The van der Waals surface area contributed by atoms with Gasteiger partial charge >= 0.3 is 5.97 Å². The first-order valence-electron chi connectivity index (χ1n) is 8.56. The van der Waals surface area contributed by atoms with Crippen molar-refractivity contribution in [3.63, 3.8) is 0 Å². The number of rotatable bonds is 5. The molecule has 28 heavy (non-hydrogen) atoms. The van der Waals surface area contributed by atoms with Gasteiger partial charge in [0.2, 0.25) is 0 Å². The molecule has 1 aromatic carbocycles. The first-order chi connectivity index (χ1) is 13.7. The fourth-order valence-corrected chi connectivity index (χ4v) is 3.63. The molecule has 0 unspecified atom stereocenters. The van der Waals surface area contributed by atoms with Gasteiger partial charge in [0.15, 0.2) is 10.9 Å². The van der Waals surface area contributed by atoms with E-state index in [-0.39, 0.29) is 6.61 Å². The lowest BCUT2D eigenvalue weighted by Gasteiger charge is -2.10. The van der Waals surface area contributed by atoms with Crippen LogP contribution in [0.5, 0.6) is 0 Å². The van der Waals surface area contributed by atoms with Gasteiger partial charge in [-0.15, -0.1) is 0 Å². The highest BCUT2D eigenvalue weighted by Crippen LogP contribution is 2.23. The zero-order chi connectivity index (χ0) is 19.5. The number of ether oxygens (including phenoxy) is 1. The van der Waals surface area contributed by atoms with Crippen molar-refractivity contribution in [2.45, 2.75) is 11.8 Å². The fourth-order valence-electron chi connectivity index (χ4n) is 3.08. The lowest BCUT2D eigenvalue weighted by Crippen LogP contribution is -2.12. The van der Waals surface area contributed by atoms with Crippen LogP contribution < -0.4 is 0 Å². The molecule has 0 atom stereocenters. The van der Waals surface area contributed by atoms with Gasteiger partial charge in [-0.05, 0) is 30.5 Å². The molecule has 0 aliphatic heterocycles. The molecular formula is C21H16N4O2S. The number of esters is 1. The van der Waals surface area contributed by atoms with Gasteiger partial charge in [0.25, 0.3) is 0 Å². The standard InChI is InChI=1S/C21H16N4O2S/c1-28-21-23-12-19(25(21)16-7-3-2-4-8-16)20(26)27-14-15-13-24-10-6-5-9-18(24)17(15)11-22/h2-10,12-13H,14H2,1H3. The van der Waals surface area contributed by atoms with Crippen LogP contribution in [0.3, 0.4) is 0 Å². The Balaban J connectivity index is 1.62. The highest BCUT2D eigenvalue weighted by atomic mass is 32.2. The Kier molecular flexibility index (Phi) is 4.87. The molecule has 0 aliphatic rings. The Bertz CT molecular complexity index is 1190. The lowest BCUT2D eigenvalue weighted by molar-refractivity contribution is 0.0462. The minimum absolute atomic E-state index is 0.0119. The molecule has 0 saturated carbocycles. The fraction of sp³-hybridized carbons (Fsp3) is 0.0952. The van der Waals surface area contributed by atoms with E-state index in [9.17, 15) is 10.1 Å². The summed E-state index contributed by atoms with van der Waals surface area (Å²) in [5.41, 5.74) is 3.14. The summed E-state index contributed by atoms with van der Waals surface area (Å²) in [5, 5.41) is 10.2. The van der Waals surface area contributed by atoms with Gasteiger partial charge in [-0.2, -0.15) is 5.26 Å². The summed E-state index contributed by atoms with van der Waals surface area (Å²) < 4.78 is 9.15. The summed E-state index contributed by atoms with van der Waals surface area (Å²) in [6.07, 6.45) is 7.09. The van der Waals surface area contributed by atoms with Crippen molar-refractivity contribution < 1.29 is 9.53 Å². The van der Waals surface area contributed by atoms with Crippen molar-refractivity contribution in [2.24, 2.45) is 0 Å². The third-order valence-electron chi connectivity index (χ3n) is 4.37. The van der Waals surface area contributed by atoms with Crippen LogP contribution in [0.4, 0.5) is 0 Å². The zero-order valence-electron chi connectivity index (χ0n) is 15.1. The molecule has 0 bridgehead atoms. The van der Waals surface area contributed by atoms with Crippen LogP contribution in [0.25, 0.3) is 11.2 Å². The van der Waals surface area contributed by atoms with E-state index in [0.29, 0.717) is 22.0 Å². The van der Waals surface area contributed by atoms with Crippen LogP contribution >= 0.6 is 11.8 Å². The molecule has 6 nitrogen and oxygen atoms in total. The van der Waals surface area contributed by atoms with Gasteiger partial charge in [0, 0.05) is 23.6 Å². The molecule has 0 amide bonds. The monoisotopic (exact) mass is 388 g/mol. The van der Waals surface area contributed by atoms with Crippen LogP contribution in [0, 0.1) is 11.3 Å². The minimum Gasteiger partial charge on any atom is -0.456 e. The average molecular weight is 388 g/mol. The highest BCUT2D eigenvalue weighted by molar-refractivity contribution is 7.98. The van der Waals surface area contributed by atoms with Crippen molar-refractivity contribution in [1.82, 2.24) is 14.0 Å².